The maximum Gasteiger partial charge on any atom is 0.290 e. The van der Waals surface area contributed by atoms with Crippen molar-refractivity contribution in [3.05, 3.63) is 101 Å². The van der Waals surface area contributed by atoms with Gasteiger partial charge in [-0.3, -0.25) is 9.59 Å². The number of fused-ring (bicyclic) bond motifs is 1. The lowest BCUT2D eigenvalue weighted by Crippen LogP contribution is -2.31. The van der Waals surface area contributed by atoms with Crippen molar-refractivity contribution in [2.24, 2.45) is 0 Å². The SMILES string of the molecule is COc1ccccc1CN1C(=O)C(O)=C(C(=O)c2cc3cccc(OC)c3o2)C1c1cccc(OC(C)C)c1. The molecule has 39 heavy (non-hydrogen) atoms. The molecule has 1 aliphatic rings. The van der Waals surface area contributed by atoms with E-state index in [1.165, 1.54) is 12.0 Å². The molecule has 0 radical (unpaired) electrons. The van der Waals surface area contributed by atoms with Gasteiger partial charge in [-0.2, -0.15) is 0 Å². The van der Waals surface area contributed by atoms with E-state index in [-0.39, 0.29) is 24.0 Å². The number of Topliss-reactive ketones (excluding diaryl/α,β-unsaturated/α-hetero) is 1. The number of ether oxygens (including phenoxy) is 3. The Morgan fingerprint density at radius 2 is 1.69 bits per heavy atom. The van der Waals surface area contributed by atoms with Gasteiger partial charge < -0.3 is 28.6 Å². The molecule has 1 atom stereocenters. The number of para-hydroxylation sites is 2. The summed E-state index contributed by atoms with van der Waals surface area (Å²) in [5.41, 5.74) is 1.66. The Balaban J connectivity index is 1.62. The highest BCUT2D eigenvalue weighted by atomic mass is 16.5. The fourth-order valence-electron chi connectivity index (χ4n) is 4.88. The lowest BCUT2D eigenvalue weighted by molar-refractivity contribution is -0.130. The van der Waals surface area contributed by atoms with E-state index in [2.05, 4.69) is 0 Å². The van der Waals surface area contributed by atoms with Crippen LogP contribution in [0.3, 0.4) is 0 Å². The predicted octanol–water partition coefficient (Wildman–Crippen LogP) is 6.02. The van der Waals surface area contributed by atoms with Crippen LogP contribution in [-0.4, -0.2) is 42.0 Å². The summed E-state index contributed by atoms with van der Waals surface area (Å²) >= 11 is 0. The Morgan fingerprint density at radius 1 is 0.974 bits per heavy atom. The minimum absolute atomic E-state index is 0.0115. The van der Waals surface area contributed by atoms with Crippen LogP contribution in [-0.2, 0) is 11.3 Å². The lowest BCUT2D eigenvalue weighted by atomic mass is 9.94. The summed E-state index contributed by atoms with van der Waals surface area (Å²) in [6, 6.07) is 20.5. The number of carbonyl (C=O) groups is 2. The normalized spacial score (nSPS) is 15.4. The van der Waals surface area contributed by atoms with E-state index in [0.717, 1.165) is 5.56 Å². The molecule has 8 heteroatoms. The van der Waals surface area contributed by atoms with Gasteiger partial charge in [0.05, 0.1) is 38.5 Å². The van der Waals surface area contributed by atoms with Crippen LogP contribution in [0.5, 0.6) is 17.2 Å². The van der Waals surface area contributed by atoms with Gasteiger partial charge in [0.2, 0.25) is 5.78 Å². The maximum absolute atomic E-state index is 14.0. The highest BCUT2D eigenvalue weighted by molar-refractivity contribution is 6.16. The highest BCUT2D eigenvalue weighted by Crippen LogP contribution is 2.42. The van der Waals surface area contributed by atoms with Crippen molar-refractivity contribution in [2.45, 2.75) is 32.5 Å². The number of rotatable bonds is 9. The summed E-state index contributed by atoms with van der Waals surface area (Å²) in [4.78, 5) is 28.9. The molecule has 2 heterocycles. The zero-order chi connectivity index (χ0) is 27.7. The predicted molar refractivity (Wildman–Crippen MR) is 145 cm³/mol. The third-order valence-corrected chi connectivity index (χ3v) is 6.58. The van der Waals surface area contributed by atoms with E-state index in [4.69, 9.17) is 18.6 Å². The molecular weight excluding hydrogens is 498 g/mol. The molecular formula is C31H29NO7. The second kappa shape index (κ2) is 10.6. The lowest BCUT2D eigenvalue weighted by Gasteiger charge is -2.27. The molecule has 0 spiro atoms. The average molecular weight is 528 g/mol. The van der Waals surface area contributed by atoms with Gasteiger partial charge in [-0.25, -0.2) is 0 Å². The van der Waals surface area contributed by atoms with Crippen LogP contribution in [0.4, 0.5) is 0 Å². The first-order valence-corrected chi connectivity index (χ1v) is 12.6. The molecule has 200 valence electrons. The fourth-order valence-corrected chi connectivity index (χ4v) is 4.88. The van der Waals surface area contributed by atoms with Crippen LogP contribution >= 0.6 is 0 Å². The van der Waals surface area contributed by atoms with Crippen LogP contribution in [0.25, 0.3) is 11.0 Å². The van der Waals surface area contributed by atoms with Crippen LogP contribution in [0, 0.1) is 0 Å². The summed E-state index contributed by atoms with van der Waals surface area (Å²) in [7, 11) is 3.07. The largest absolute Gasteiger partial charge is 0.503 e. The molecule has 8 nitrogen and oxygen atoms in total. The molecule has 1 aromatic heterocycles. The Hall–Kier alpha value is -4.72. The van der Waals surface area contributed by atoms with Crippen molar-refractivity contribution in [2.75, 3.05) is 14.2 Å². The molecule has 0 fully saturated rings. The Labute approximate surface area is 226 Å². The maximum atomic E-state index is 14.0. The number of nitrogens with zero attached hydrogens (tertiary/aromatic N) is 1. The number of amides is 1. The third kappa shape index (κ3) is 4.81. The van der Waals surface area contributed by atoms with Gasteiger partial charge >= 0.3 is 0 Å². The summed E-state index contributed by atoms with van der Waals surface area (Å²) in [5.74, 6) is -0.256. The number of aliphatic hydroxyl groups is 1. The fraction of sp³-hybridized carbons (Fsp3) is 0.226. The van der Waals surface area contributed by atoms with E-state index in [1.54, 1.807) is 61.7 Å². The summed E-state index contributed by atoms with van der Waals surface area (Å²) in [5, 5.41) is 11.8. The zero-order valence-electron chi connectivity index (χ0n) is 22.1. The summed E-state index contributed by atoms with van der Waals surface area (Å²) in [6.45, 7) is 3.92. The Kier molecular flexibility index (Phi) is 7.02. The molecule has 0 saturated carbocycles. The van der Waals surface area contributed by atoms with Gasteiger partial charge in [0.1, 0.15) is 11.5 Å². The van der Waals surface area contributed by atoms with Crippen LogP contribution in [0.1, 0.15) is 41.6 Å². The van der Waals surface area contributed by atoms with Gasteiger partial charge in [0.25, 0.3) is 5.91 Å². The van der Waals surface area contributed by atoms with Gasteiger partial charge in [0.15, 0.2) is 22.9 Å². The molecule has 0 aliphatic carbocycles. The Bertz CT molecular complexity index is 1580. The molecule has 1 amide bonds. The van der Waals surface area contributed by atoms with Gasteiger partial charge in [-0.1, -0.05) is 42.5 Å². The topological polar surface area (TPSA) is 98.4 Å². The van der Waals surface area contributed by atoms with Crippen molar-refractivity contribution in [1.82, 2.24) is 4.90 Å². The molecule has 0 bridgehead atoms. The number of furan rings is 1. The summed E-state index contributed by atoms with van der Waals surface area (Å²) < 4.78 is 22.7. The van der Waals surface area contributed by atoms with Crippen molar-refractivity contribution >= 4 is 22.7 Å². The number of aliphatic hydroxyl groups excluding tert-OH is 1. The van der Waals surface area contributed by atoms with E-state index in [9.17, 15) is 14.7 Å². The second-order valence-electron chi connectivity index (χ2n) is 9.47. The quantitative estimate of drug-likeness (QED) is 0.266. The molecule has 3 aromatic carbocycles. The van der Waals surface area contributed by atoms with Gasteiger partial charge in [-0.15, -0.1) is 0 Å². The van der Waals surface area contributed by atoms with E-state index < -0.39 is 23.5 Å². The van der Waals surface area contributed by atoms with Crippen molar-refractivity contribution in [1.29, 1.82) is 0 Å². The molecule has 0 saturated heterocycles. The number of hydrogen-bond donors (Lipinski definition) is 1. The smallest absolute Gasteiger partial charge is 0.290 e. The summed E-state index contributed by atoms with van der Waals surface area (Å²) in [6.07, 6.45) is -0.0780. The second-order valence-corrected chi connectivity index (χ2v) is 9.47. The van der Waals surface area contributed by atoms with E-state index >= 15 is 0 Å². The first-order chi connectivity index (χ1) is 18.8. The minimum atomic E-state index is -0.902. The first kappa shape index (κ1) is 25.9. The van der Waals surface area contributed by atoms with Crippen LogP contribution < -0.4 is 14.2 Å². The van der Waals surface area contributed by atoms with Crippen LogP contribution in [0.15, 0.2) is 88.5 Å². The molecule has 1 N–H and O–H groups in total. The first-order valence-electron chi connectivity index (χ1n) is 12.6. The number of benzene rings is 3. The zero-order valence-corrected chi connectivity index (χ0v) is 22.1. The molecule has 5 rings (SSSR count). The van der Waals surface area contributed by atoms with Crippen molar-refractivity contribution < 1.29 is 33.3 Å². The standard InChI is InChI=1S/C31H29NO7/c1-18(2)38-22-12-7-10-19(15-22)27-26(28(33)25-16-20-11-8-14-24(37-4)30(20)39-25)29(34)31(35)32(27)17-21-9-5-6-13-23(21)36-3/h5-16,18,27,34H,17H2,1-4H3. The average Bonchev–Trinajstić information content (AvgIpc) is 3.48. The highest BCUT2D eigenvalue weighted by Gasteiger charge is 2.45. The van der Waals surface area contributed by atoms with E-state index in [1.807, 2.05) is 32.0 Å². The van der Waals surface area contributed by atoms with Crippen LogP contribution in [0.2, 0.25) is 0 Å². The number of ketones is 1. The third-order valence-electron chi connectivity index (χ3n) is 6.58. The number of methoxy groups -OCH3 is 2. The Morgan fingerprint density at radius 3 is 2.44 bits per heavy atom. The van der Waals surface area contributed by atoms with Crippen molar-refractivity contribution in [3.8, 4) is 17.2 Å². The molecule has 4 aromatic rings. The van der Waals surface area contributed by atoms with Crippen molar-refractivity contribution in [3.63, 3.8) is 0 Å². The molecule has 1 aliphatic heterocycles. The van der Waals surface area contributed by atoms with E-state index in [0.29, 0.717) is 33.8 Å². The molecule has 1 unspecified atom stereocenters. The monoisotopic (exact) mass is 527 g/mol. The number of hydrogen-bond acceptors (Lipinski definition) is 7. The minimum Gasteiger partial charge on any atom is -0.503 e. The number of carbonyl (C=O) groups excluding carboxylic acids is 2. The van der Waals surface area contributed by atoms with Gasteiger partial charge in [-0.05, 0) is 49.7 Å². The van der Waals surface area contributed by atoms with Gasteiger partial charge in [0, 0.05) is 10.9 Å².